The predicted molar refractivity (Wildman–Crippen MR) is 85.4 cm³/mol. The van der Waals surface area contributed by atoms with Crippen molar-refractivity contribution >= 4 is 11.8 Å². The molecule has 3 heteroatoms. The molecule has 3 N–H and O–H groups in total. The number of nitrogens with one attached hydrogen (secondary N) is 1. The number of nitrogens with two attached hydrogens (primary N) is 1. The highest BCUT2D eigenvalue weighted by molar-refractivity contribution is 7.99. The molecule has 1 aliphatic carbocycles. The zero-order chi connectivity index (χ0) is 13.7. The van der Waals surface area contributed by atoms with Gasteiger partial charge in [0, 0.05) is 17.0 Å². The summed E-state index contributed by atoms with van der Waals surface area (Å²) in [6.07, 6.45) is 6.64. The summed E-state index contributed by atoms with van der Waals surface area (Å²) in [6.45, 7) is 4.32. The van der Waals surface area contributed by atoms with Crippen LogP contribution in [0, 0.1) is 13.8 Å². The third-order valence-electron chi connectivity index (χ3n) is 3.83. The number of thioether (sulfide) groups is 1. The Bertz CT molecular complexity index is 379. The number of hydrogen-bond acceptors (Lipinski definition) is 3. The minimum Gasteiger partial charge on any atom is -0.271 e. The third-order valence-corrected chi connectivity index (χ3v) is 5.37. The van der Waals surface area contributed by atoms with Crippen molar-refractivity contribution in [1.29, 1.82) is 0 Å². The summed E-state index contributed by atoms with van der Waals surface area (Å²) in [5.41, 5.74) is 7.07. The minimum atomic E-state index is 0.381. The standard InChI is InChI=1S/C16H26N2S/c1-12-7-13(2)9-14(8-12)10-15(18-17)11-19-16-5-3-4-6-16/h7-9,15-16,18H,3-6,10-11,17H2,1-2H3. The SMILES string of the molecule is Cc1cc(C)cc(CC(CSC2CCCC2)NN)c1. The van der Waals surface area contributed by atoms with Gasteiger partial charge in [0.1, 0.15) is 0 Å². The van der Waals surface area contributed by atoms with Gasteiger partial charge in [0.25, 0.3) is 0 Å². The molecule has 1 unspecified atom stereocenters. The first-order valence-corrected chi connectivity index (χ1v) is 8.37. The molecule has 1 saturated carbocycles. The molecule has 0 radical (unpaired) electrons. The van der Waals surface area contributed by atoms with Crippen molar-refractivity contribution in [2.75, 3.05) is 5.75 Å². The number of hydrogen-bond donors (Lipinski definition) is 2. The van der Waals surface area contributed by atoms with Crippen LogP contribution in [0.1, 0.15) is 42.4 Å². The first kappa shape index (κ1) is 14.9. The van der Waals surface area contributed by atoms with Crippen molar-refractivity contribution < 1.29 is 0 Å². The molecule has 19 heavy (non-hydrogen) atoms. The Balaban J connectivity index is 1.86. The smallest absolute Gasteiger partial charge is 0.0341 e. The van der Waals surface area contributed by atoms with Gasteiger partial charge in [-0.1, -0.05) is 42.2 Å². The lowest BCUT2D eigenvalue weighted by molar-refractivity contribution is 0.574. The topological polar surface area (TPSA) is 38.0 Å². The molecule has 0 heterocycles. The van der Waals surface area contributed by atoms with Crippen LogP contribution in [0.25, 0.3) is 0 Å². The van der Waals surface area contributed by atoms with E-state index in [1.165, 1.54) is 42.4 Å². The van der Waals surface area contributed by atoms with Gasteiger partial charge in [0.15, 0.2) is 0 Å². The maximum Gasteiger partial charge on any atom is 0.0341 e. The monoisotopic (exact) mass is 278 g/mol. The minimum absolute atomic E-state index is 0.381. The normalized spacial score (nSPS) is 17.8. The van der Waals surface area contributed by atoms with E-state index < -0.39 is 0 Å². The van der Waals surface area contributed by atoms with Crippen LogP contribution in [0.3, 0.4) is 0 Å². The van der Waals surface area contributed by atoms with Crippen LogP contribution in [-0.4, -0.2) is 17.0 Å². The van der Waals surface area contributed by atoms with Gasteiger partial charge >= 0.3 is 0 Å². The van der Waals surface area contributed by atoms with E-state index in [1.807, 2.05) is 0 Å². The van der Waals surface area contributed by atoms with E-state index in [0.717, 1.165) is 17.4 Å². The summed E-state index contributed by atoms with van der Waals surface area (Å²) in [5.74, 6) is 6.84. The highest BCUT2D eigenvalue weighted by atomic mass is 32.2. The van der Waals surface area contributed by atoms with E-state index in [4.69, 9.17) is 5.84 Å². The third kappa shape index (κ3) is 4.83. The fraction of sp³-hybridized carbons (Fsp3) is 0.625. The molecule has 0 bridgehead atoms. The van der Waals surface area contributed by atoms with Crippen LogP contribution in [0.5, 0.6) is 0 Å². The largest absolute Gasteiger partial charge is 0.271 e. The van der Waals surface area contributed by atoms with Gasteiger partial charge in [0.05, 0.1) is 0 Å². The lowest BCUT2D eigenvalue weighted by Crippen LogP contribution is -2.39. The molecular weight excluding hydrogens is 252 g/mol. The Labute approximate surface area is 121 Å². The summed E-state index contributed by atoms with van der Waals surface area (Å²) in [7, 11) is 0. The zero-order valence-electron chi connectivity index (χ0n) is 12.1. The Hall–Kier alpha value is -0.510. The molecule has 0 saturated heterocycles. The lowest BCUT2D eigenvalue weighted by atomic mass is 10.0. The van der Waals surface area contributed by atoms with Gasteiger partial charge in [-0.05, 0) is 38.7 Å². The van der Waals surface area contributed by atoms with Crippen molar-refractivity contribution in [2.24, 2.45) is 5.84 Å². The molecule has 0 aliphatic heterocycles. The van der Waals surface area contributed by atoms with Crippen LogP contribution in [0.15, 0.2) is 18.2 Å². The Morgan fingerprint density at radius 3 is 2.42 bits per heavy atom. The summed E-state index contributed by atoms with van der Waals surface area (Å²) in [6, 6.07) is 7.16. The molecular formula is C16H26N2S. The van der Waals surface area contributed by atoms with E-state index in [9.17, 15) is 0 Å². The number of hydrazine groups is 1. The first-order chi connectivity index (χ1) is 9.17. The van der Waals surface area contributed by atoms with Crippen LogP contribution >= 0.6 is 11.8 Å². The maximum atomic E-state index is 5.72. The number of aryl methyl sites for hydroxylation is 2. The summed E-state index contributed by atoms with van der Waals surface area (Å²) in [5, 5.41) is 0.870. The molecule has 0 spiro atoms. The molecule has 1 atom stereocenters. The van der Waals surface area contributed by atoms with Gasteiger partial charge in [-0.3, -0.25) is 11.3 Å². The highest BCUT2D eigenvalue weighted by Gasteiger charge is 2.17. The van der Waals surface area contributed by atoms with Gasteiger partial charge in [-0.2, -0.15) is 11.8 Å². The van der Waals surface area contributed by atoms with E-state index >= 15 is 0 Å². The zero-order valence-corrected chi connectivity index (χ0v) is 12.9. The van der Waals surface area contributed by atoms with Crippen LogP contribution in [0.2, 0.25) is 0 Å². The fourth-order valence-corrected chi connectivity index (χ4v) is 4.33. The predicted octanol–water partition coefficient (Wildman–Crippen LogP) is 3.35. The summed E-state index contributed by atoms with van der Waals surface area (Å²) >= 11 is 2.10. The van der Waals surface area contributed by atoms with Crippen molar-refractivity contribution in [3.05, 3.63) is 34.9 Å². The fourth-order valence-electron chi connectivity index (χ4n) is 2.94. The van der Waals surface area contributed by atoms with E-state index in [0.29, 0.717) is 6.04 Å². The van der Waals surface area contributed by atoms with Crippen LogP contribution in [-0.2, 0) is 6.42 Å². The second-order valence-corrected chi connectivity index (χ2v) is 7.14. The Morgan fingerprint density at radius 2 is 1.84 bits per heavy atom. The first-order valence-electron chi connectivity index (χ1n) is 7.32. The molecule has 0 amide bonds. The van der Waals surface area contributed by atoms with E-state index in [2.05, 4.69) is 49.2 Å². The second-order valence-electron chi connectivity index (χ2n) is 5.80. The van der Waals surface area contributed by atoms with Gasteiger partial charge in [0.2, 0.25) is 0 Å². The van der Waals surface area contributed by atoms with Crippen molar-refractivity contribution in [3.63, 3.8) is 0 Å². The molecule has 2 rings (SSSR count). The van der Waals surface area contributed by atoms with Crippen LogP contribution in [0.4, 0.5) is 0 Å². The van der Waals surface area contributed by atoms with E-state index in [1.54, 1.807) is 0 Å². The van der Waals surface area contributed by atoms with Crippen molar-refractivity contribution in [1.82, 2.24) is 5.43 Å². The van der Waals surface area contributed by atoms with E-state index in [-0.39, 0.29) is 0 Å². The molecule has 1 aliphatic rings. The van der Waals surface area contributed by atoms with Crippen molar-refractivity contribution in [3.8, 4) is 0 Å². The number of rotatable bonds is 6. The molecule has 1 aromatic rings. The highest BCUT2D eigenvalue weighted by Crippen LogP contribution is 2.30. The molecule has 106 valence electrons. The summed E-state index contributed by atoms with van der Waals surface area (Å²) in [4.78, 5) is 0. The van der Waals surface area contributed by atoms with Crippen molar-refractivity contribution in [2.45, 2.75) is 57.2 Å². The van der Waals surface area contributed by atoms with Gasteiger partial charge in [-0.25, -0.2) is 0 Å². The molecule has 1 fully saturated rings. The summed E-state index contributed by atoms with van der Waals surface area (Å²) < 4.78 is 0. The second kappa shape index (κ2) is 7.32. The van der Waals surface area contributed by atoms with Gasteiger partial charge in [-0.15, -0.1) is 0 Å². The maximum absolute atomic E-state index is 5.72. The quantitative estimate of drug-likeness (QED) is 0.619. The lowest BCUT2D eigenvalue weighted by Gasteiger charge is -2.18. The Kier molecular flexibility index (Phi) is 5.74. The van der Waals surface area contributed by atoms with Gasteiger partial charge < -0.3 is 0 Å². The number of benzene rings is 1. The molecule has 2 nitrogen and oxygen atoms in total. The molecule has 0 aromatic heterocycles. The van der Waals surface area contributed by atoms with Crippen LogP contribution < -0.4 is 11.3 Å². The average Bonchev–Trinajstić information content (AvgIpc) is 2.86. The Morgan fingerprint density at radius 1 is 1.21 bits per heavy atom. The molecule has 1 aromatic carbocycles. The average molecular weight is 278 g/mol.